The maximum atomic E-state index is 9.42. The number of piperidine rings is 1. The van der Waals surface area contributed by atoms with E-state index in [9.17, 15) is 5.11 Å². The van der Waals surface area contributed by atoms with Crippen molar-refractivity contribution in [2.24, 2.45) is 5.92 Å². The van der Waals surface area contributed by atoms with Crippen molar-refractivity contribution in [3.05, 3.63) is 23.4 Å². The predicted octanol–water partition coefficient (Wildman–Crippen LogP) is 3.15. The first-order chi connectivity index (χ1) is 9.13. The van der Waals surface area contributed by atoms with Crippen LogP contribution in [0.2, 0.25) is 0 Å². The molecule has 2 atom stereocenters. The van der Waals surface area contributed by atoms with Crippen LogP contribution in [0, 0.1) is 5.92 Å². The third-order valence-corrected chi connectivity index (χ3v) is 4.03. The molecule has 1 aliphatic heterocycles. The van der Waals surface area contributed by atoms with Crippen molar-refractivity contribution in [1.29, 1.82) is 0 Å². The van der Waals surface area contributed by atoms with Gasteiger partial charge in [-0.05, 0) is 49.8 Å². The monoisotopic (exact) mass is 262 g/mol. The number of rotatable bonds is 4. The highest BCUT2D eigenvalue weighted by molar-refractivity contribution is 5.44. The van der Waals surface area contributed by atoms with E-state index in [4.69, 9.17) is 4.98 Å². The minimum Gasteiger partial charge on any atom is -0.392 e. The molecule has 1 saturated heterocycles. The third-order valence-electron chi connectivity index (χ3n) is 4.03. The van der Waals surface area contributed by atoms with E-state index in [0.29, 0.717) is 6.04 Å². The average molecular weight is 262 g/mol. The Bertz CT molecular complexity index is 419. The van der Waals surface area contributed by atoms with Gasteiger partial charge in [0.25, 0.3) is 0 Å². The summed E-state index contributed by atoms with van der Waals surface area (Å²) in [6.07, 6.45) is 4.61. The molecule has 3 nitrogen and oxygen atoms in total. The highest BCUT2D eigenvalue weighted by atomic mass is 16.3. The van der Waals surface area contributed by atoms with E-state index in [0.717, 1.165) is 42.4 Å². The van der Waals surface area contributed by atoms with E-state index in [1.807, 2.05) is 12.1 Å². The van der Waals surface area contributed by atoms with Gasteiger partial charge in [0.1, 0.15) is 5.82 Å². The zero-order valence-electron chi connectivity index (χ0n) is 12.4. The molecule has 106 valence electrons. The number of aliphatic hydroxyl groups is 1. The first-order valence-corrected chi connectivity index (χ1v) is 7.51. The normalized spacial score (nSPS) is 23.7. The summed E-state index contributed by atoms with van der Waals surface area (Å²) in [4.78, 5) is 7.20. The maximum absolute atomic E-state index is 9.42. The van der Waals surface area contributed by atoms with E-state index >= 15 is 0 Å². The predicted molar refractivity (Wildman–Crippen MR) is 79.4 cm³/mol. The summed E-state index contributed by atoms with van der Waals surface area (Å²) in [7, 11) is 0. The van der Waals surface area contributed by atoms with Gasteiger partial charge in [0, 0.05) is 18.3 Å². The molecule has 0 aliphatic carbocycles. The fourth-order valence-electron chi connectivity index (χ4n) is 2.86. The SMILES string of the molecule is CCCc1cc(CO)cc(N2CC(C)CCC2C)n1. The van der Waals surface area contributed by atoms with Crippen molar-refractivity contribution in [2.45, 2.75) is 59.1 Å². The maximum Gasteiger partial charge on any atom is 0.129 e. The number of pyridine rings is 1. The lowest BCUT2D eigenvalue weighted by molar-refractivity contribution is 0.281. The standard InChI is InChI=1S/C16H26N2O/c1-4-5-15-8-14(11-19)9-16(17-15)18-10-12(2)6-7-13(18)3/h8-9,12-13,19H,4-7,10-11H2,1-3H3. The molecule has 19 heavy (non-hydrogen) atoms. The Kier molecular flexibility index (Phi) is 4.81. The van der Waals surface area contributed by atoms with E-state index in [2.05, 4.69) is 25.7 Å². The number of hydrogen-bond donors (Lipinski definition) is 1. The minimum absolute atomic E-state index is 0.101. The summed E-state index contributed by atoms with van der Waals surface area (Å²) in [5, 5.41) is 9.42. The van der Waals surface area contributed by atoms with Crippen molar-refractivity contribution in [3.63, 3.8) is 0 Å². The summed E-state index contributed by atoms with van der Waals surface area (Å²) in [5.74, 6) is 1.78. The van der Waals surface area contributed by atoms with Gasteiger partial charge in [-0.3, -0.25) is 0 Å². The quantitative estimate of drug-likeness (QED) is 0.905. The second-order valence-corrected chi connectivity index (χ2v) is 5.92. The molecule has 1 fully saturated rings. The summed E-state index contributed by atoms with van der Waals surface area (Å²) < 4.78 is 0. The second kappa shape index (κ2) is 6.38. The summed E-state index contributed by atoms with van der Waals surface area (Å²) in [5.41, 5.74) is 2.09. The molecular weight excluding hydrogens is 236 g/mol. The first kappa shape index (κ1) is 14.3. The Morgan fingerprint density at radius 3 is 2.79 bits per heavy atom. The number of aromatic nitrogens is 1. The van der Waals surface area contributed by atoms with Crippen LogP contribution < -0.4 is 4.90 Å². The average Bonchev–Trinajstić information content (AvgIpc) is 2.41. The Hall–Kier alpha value is -1.09. The summed E-state index contributed by atoms with van der Waals surface area (Å²) >= 11 is 0. The molecule has 1 aromatic rings. The molecule has 0 radical (unpaired) electrons. The minimum atomic E-state index is 0.101. The fourth-order valence-corrected chi connectivity index (χ4v) is 2.86. The number of anilines is 1. The van der Waals surface area contributed by atoms with Gasteiger partial charge in [0.05, 0.1) is 6.61 Å². The van der Waals surface area contributed by atoms with Crippen LogP contribution in [0.25, 0.3) is 0 Å². The van der Waals surface area contributed by atoms with Crippen LogP contribution in [0.15, 0.2) is 12.1 Å². The van der Waals surface area contributed by atoms with Crippen molar-refractivity contribution < 1.29 is 5.11 Å². The zero-order chi connectivity index (χ0) is 13.8. The van der Waals surface area contributed by atoms with Gasteiger partial charge < -0.3 is 10.0 Å². The van der Waals surface area contributed by atoms with Crippen molar-refractivity contribution in [3.8, 4) is 0 Å². The zero-order valence-corrected chi connectivity index (χ0v) is 12.4. The highest BCUT2D eigenvalue weighted by Gasteiger charge is 2.24. The van der Waals surface area contributed by atoms with Crippen molar-refractivity contribution in [2.75, 3.05) is 11.4 Å². The lowest BCUT2D eigenvalue weighted by Gasteiger charge is -2.38. The Morgan fingerprint density at radius 2 is 2.11 bits per heavy atom. The Labute approximate surface area is 116 Å². The van der Waals surface area contributed by atoms with Gasteiger partial charge in [-0.25, -0.2) is 4.98 Å². The summed E-state index contributed by atoms with van der Waals surface area (Å²) in [6.45, 7) is 7.93. The van der Waals surface area contributed by atoms with Gasteiger partial charge >= 0.3 is 0 Å². The Balaban J connectivity index is 2.28. The molecule has 0 aromatic carbocycles. The van der Waals surface area contributed by atoms with E-state index in [-0.39, 0.29) is 6.61 Å². The van der Waals surface area contributed by atoms with Crippen LogP contribution in [-0.4, -0.2) is 22.7 Å². The van der Waals surface area contributed by atoms with Crippen molar-refractivity contribution >= 4 is 5.82 Å². The molecule has 0 bridgehead atoms. The lowest BCUT2D eigenvalue weighted by Crippen LogP contribution is -2.41. The van der Waals surface area contributed by atoms with Crippen LogP contribution in [0.4, 0.5) is 5.82 Å². The number of nitrogens with zero attached hydrogens (tertiary/aromatic N) is 2. The molecule has 2 heterocycles. The second-order valence-electron chi connectivity index (χ2n) is 5.92. The lowest BCUT2D eigenvalue weighted by atomic mass is 9.95. The number of hydrogen-bond acceptors (Lipinski definition) is 3. The molecule has 2 unspecified atom stereocenters. The molecule has 3 heteroatoms. The smallest absolute Gasteiger partial charge is 0.129 e. The van der Waals surface area contributed by atoms with Crippen LogP contribution >= 0.6 is 0 Å². The van der Waals surface area contributed by atoms with Gasteiger partial charge in [-0.1, -0.05) is 20.3 Å². The Morgan fingerprint density at radius 1 is 1.32 bits per heavy atom. The summed E-state index contributed by atoms with van der Waals surface area (Å²) in [6, 6.07) is 4.63. The molecule has 2 rings (SSSR count). The molecule has 0 spiro atoms. The number of aliphatic hydroxyl groups excluding tert-OH is 1. The van der Waals surface area contributed by atoms with E-state index in [1.165, 1.54) is 12.8 Å². The fraction of sp³-hybridized carbons (Fsp3) is 0.688. The van der Waals surface area contributed by atoms with Crippen LogP contribution in [0.5, 0.6) is 0 Å². The highest BCUT2D eigenvalue weighted by Crippen LogP contribution is 2.27. The number of aryl methyl sites for hydroxylation is 1. The van der Waals surface area contributed by atoms with Gasteiger partial charge in [0.15, 0.2) is 0 Å². The van der Waals surface area contributed by atoms with Gasteiger partial charge in [-0.2, -0.15) is 0 Å². The molecular formula is C16H26N2O. The third kappa shape index (κ3) is 3.47. The van der Waals surface area contributed by atoms with E-state index < -0.39 is 0 Å². The molecule has 1 N–H and O–H groups in total. The first-order valence-electron chi connectivity index (χ1n) is 7.51. The largest absolute Gasteiger partial charge is 0.392 e. The van der Waals surface area contributed by atoms with Crippen LogP contribution in [-0.2, 0) is 13.0 Å². The van der Waals surface area contributed by atoms with E-state index in [1.54, 1.807) is 0 Å². The van der Waals surface area contributed by atoms with Crippen molar-refractivity contribution in [1.82, 2.24) is 4.98 Å². The topological polar surface area (TPSA) is 36.4 Å². The molecule has 0 saturated carbocycles. The van der Waals surface area contributed by atoms with Gasteiger partial charge in [0.2, 0.25) is 0 Å². The van der Waals surface area contributed by atoms with Crippen LogP contribution in [0.3, 0.4) is 0 Å². The van der Waals surface area contributed by atoms with Crippen LogP contribution in [0.1, 0.15) is 51.3 Å². The molecule has 0 amide bonds. The molecule has 1 aliphatic rings. The molecule has 1 aromatic heterocycles. The van der Waals surface area contributed by atoms with Gasteiger partial charge in [-0.15, -0.1) is 0 Å².